The van der Waals surface area contributed by atoms with Gasteiger partial charge in [0, 0.05) is 3.57 Å². The quantitative estimate of drug-likeness (QED) is 0.755. The van der Waals surface area contributed by atoms with E-state index in [1.807, 2.05) is 0 Å². The predicted molar refractivity (Wildman–Crippen MR) is 71.3 cm³/mol. The molecule has 1 atom stereocenters. The zero-order valence-electron chi connectivity index (χ0n) is 9.33. The third kappa shape index (κ3) is 2.08. The number of methoxy groups -OCH3 is 1. The Bertz CT molecular complexity index is 502. The standard InChI is InChI=1S/C11H11IN2O3/c1-5-10(15)14-9-6(12)3-4-7(17-2)8(9)11(16)13-5/h3-5H,1-2H3,(H,13,16)(H,14,15). The van der Waals surface area contributed by atoms with Crippen LogP contribution in [0, 0.1) is 3.57 Å². The maximum Gasteiger partial charge on any atom is 0.257 e. The van der Waals surface area contributed by atoms with Gasteiger partial charge in [-0.1, -0.05) is 0 Å². The summed E-state index contributed by atoms with van der Waals surface area (Å²) in [6, 6.07) is 2.94. The second-order valence-electron chi connectivity index (χ2n) is 3.68. The lowest BCUT2D eigenvalue weighted by Gasteiger charge is -2.11. The number of ether oxygens (including phenoxy) is 1. The van der Waals surface area contributed by atoms with Gasteiger partial charge in [-0.3, -0.25) is 9.59 Å². The zero-order chi connectivity index (χ0) is 12.6. The van der Waals surface area contributed by atoms with Crippen LogP contribution in [0.25, 0.3) is 0 Å². The Morgan fingerprint density at radius 2 is 2.06 bits per heavy atom. The molecule has 0 saturated carbocycles. The molecule has 2 N–H and O–H groups in total. The average molecular weight is 346 g/mol. The van der Waals surface area contributed by atoms with Gasteiger partial charge in [0.25, 0.3) is 5.91 Å². The van der Waals surface area contributed by atoms with Crippen molar-refractivity contribution in [3.8, 4) is 5.75 Å². The number of carbonyl (C=O) groups is 2. The normalized spacial score (nSPS) is 18.9. The van der Waals surface area contributed by atoms with Gasteiger partial charge in [-0.25, -0.2) is 0 Å². The van der Waals surface area contributed by atoms with Crippen molar-refractivity contribution < 1.29 is 14.3 Å². The van der Waals surface area contributed by atoms with Crippen molar-refractivity contribution in [1.29, 1.82) is 0 Å². The fourth-order valence-electron chi connectivity index (χ4n) is 1.64. The topological polar surface area (TPSA) is 67.4 Å². The van der Waals surface area contributed by atoms with Crippen molar-refractivity contribution >= 4 is 40.1 Å². The first-order chi connectivity index (χ1) is 8.04. The maximum absolute atomic E-state index is 12.0. The van der Waals surface area contributed by atoms with Gasteiger partial charge < -0.3 is 15.4 Å². The molecule has 2 amide bonds. The number of fused-ring (bicyclic) bond motifs is 1. The molecule has 0 radical (unpaired) electrons. The van der Waals surface area contributed by atoms with Gasteiger partial charge in [-0.05, 0) is 41.6 Å². The predicted octanol–water partition coefficient (Wildman–Crippen LogP) is 1.37. The molecule has 0 aromatic heterocycles. The van der Waals surface area contributed by atoms with Gasteiger partial charge >= 0.3 is 0 Å². The van der Waals surface area contributed by atoms with Gasteiger partial charge in [0.2, 0.25) is 5.91 Å². The Kier molecular flexibility index (Phi) is 3.23. The van der Waals surface area contributed by atoms with E-state index < -0.39 is 6.04 Å². The number of rotatable bonds is 1. The average Bonchev–Trinajstić information content (AvgIpc) is 2.40. The first-order valence-electron chi connectivity index (χ1n) is 5.02. The Morgan fingerprint density at radius 3 is 2.71 bits per heavy atom. The molecule has 0 aliphatic carbocycles. The van der Waals surface area contributed by atoms with E-state index in [1.54, 1.807) is 19.1 Å². The number of hydrogen-bond donors (Lipinski definition) is 2. The first kappa shape index (κ1) is 12.2. The molecule has 1 heterocycles. The van der Waals surface area contributed by atoms with Crippen molar-refractivity contribution in [1.82, 2.24) is 5.32 Å². The van der Waals surface area contributed by atoms with E-state index in [0.717, 1.165) is 3.57 Å². The summed E-state index contributed by atoms with van der Waals surface area (Å²) in [5, 5.41) is 5.35. The number of hydrogen-bond acceptors (Lipinski definition) is 3. The summed E-state index contributed by atoms with van der Waals surface area (Å²) in [4.78, 5) is 23.7. The van der Waals surface area contributed by atoms with Gasteiger partial charge in [0.15, 0.2) is 0 Å². The molecule has 5 nitrogen and oxygen atoms in total. The van der Waals surface area contributed by atoms with Crippen LogP contribution in [0.15, 0.2) is 12.1 Å². The van der Waals surface area contributed by atoms with E-state index in [9.17, 15) is 9.59 Å². The van der Waals surface area contributed by atoms with Crippen molar-refractivity contribution in [3.63, 3.8) is 0 Å². The van der Waals surface area contributed by atoms with Crippen LogP contribution in [0.5, 0.6) is 5.75 Å². The Morgan fingerprint density at radius 1 is 1.35 bits per heavy atom. The van der Waals surface area contributed by atoms with Crippen LogP contribution in [0.3, 0.4) is 0 Å². The van der Waals surface area contributed by atoms with Crippen LogP contribution in [0.4, 0.5) is 5.69 Å². The Balaban J connectivity index is 2.64. The molecular weight excluding hydrogens is 335 g/mol. The minimum Gasteiger partial charge on any atom is -0.496 e. The molecule has 1 aromatic rings. The van der Waals surface area contributed by atoms with E-state index in [2.05, 4.69) is 33.2 Å². The van der Waals surface area contributed by atoms with E-state index in [4.69, 9.17) is 4.74 Å². The van der Waals surface area contributed by atoms with E-state index in [0.29, 0.717) is 17.0 Å². The molecule has 0 bridgehead atoms. The molecule has 0 fully saturated rings. The van der Waals surface area contributed by atoms with Crippen LogP contribution in [-0.4, -0.2) is 25.0 Å². The lowest BCUT2D eigenvalue weighted by molar-refractivity contribution is -0.117. The molecule has 2 rings (SSSR count). The van der Waals surface area contributed by atoms with Crippen LogP contribution >= 0.6 is 22.6 Å². The third-order valence-corrected chi connectivity index (χ3v) is 3.45. The fraction of sp³-hybridized carbons (Fsp3) is 0.273. The summed E-state index contributed by atoms with van der Waals surface area (Å²) in [7, 11) is 1.49. The lowest BCUT2D eigenvalue weighted by atomic mass is 10.1. The van der Waals surface area contributed by atoms with Crippen LogP contribution in [0.2, 0.25) is 0 Å². The first-order valence-corrected chi connectivity index (χ1v) is 6.10. The van der Waals surface area contributed by atoms with Gasteiger partial charge in [0.1, 0.15) is 17.4 Å². The number of anilines is 1. The molecule has 0 saturated heterocycles. The summed E-state index contributed by atoms with van der Waals surface area (Å²) in [5.74, 6) is -0.0863. The number of amides is 2. The third-order valence-electron chi connectivity index (χ3n) is 2.55. The second-order valence-corrected chi connectivity index (χ2v) is 4.85. The highest BCUT2D eigenvalue weighted by Crippen LogP contribution is 2.32. The molecule has 90 valence electrons. The monoisotopic (exact) mass is 346 g/mol. The highest BCUT2D eigenvalue weighted by molar-refractivity contribution is 14.1. The molecule has 1 aliphatic rings. The molecule has 1 unspecified atom stereocenters. The molecule has 1 aliphatic heterocycles. The second kappa shape index (κ2) is 4.52. The maximum atomic E-state index is 12.0. The van der Waals surface area contributed by atoms with Crippen molar-refractivity contribution in [3.05, 3.63) is 21.3 Å². The van der Waals surface area contributed by atoms with Crippen molar-refractivity contribution in [2.75, 3.05) is 12.4 Å². The van der Waals surface area contributed by atoms with Gasteiger partial charge in [-0.15, -0.1) is 0 Å². The van der Waals surface area contributed by atoms with Gasteiger partial charge in [0.05, 0.1) is 12.8 Å². The minimum atomic E-state index is -0.560. The summed E-state index contributed by atoms with van der Waals surface area (Å²) >= 11 is 2.07. The number of nitrogens with one attached hydrogen (secondary N) is 2. The summed E-state index contributed by atoms with van der Waals surface area (Å²) < 4.78 is 5.95. The SMILES string of the molecule is COc1ccc(I)c2c1C(=O)NC(C)C(=O)N2. The molecule has 6 heteroatoms. The molecular formula is C11H11IN2O3. The Hall–Kier alpha value is -1.31. The molecule has 1 aromatic carbocycles. The highest BCUT2D eigenvalue weighted by Gasteiger charge is 2.28. The summed E-state index contributed by atoms with van der Waals surface area (Å²) in [6.45, 7) is 1.64. The smallest absolute Gasteiger partial charge is 0.257 e. The van der Waals surface area contributed by atoms with Crippen LogP contribution < -0.4 is 15.4 Å². The highest BCUT2D eigenvalue weighted by atomic mass is 127. The van der Waals surface area contributed by atoms with E-state index >= 15 is 0 Å². The van der Waals surface area contributed by atoms with Crippen LogP contribution in [0.1, 0.15) is 17.3 Å². The number of benzene rings is 1. The largest absolute Gasteiger partial charge is 0.496 e. The van der Waals surface area contributed by atoms with Gasteiger partial charge in [-0.2, -0.15) is 0 Å². The molecule has 17 heavy (non-hydrogen) atoms. The fourth-order valence-corrected chi connectivity index (χ4v) is 2.23. The van der Waals surface area contributed by atoms with Crippen molar-refractivity contribution in [2.24, 2.45) is 0 Å². The van der Waals surface area contributed by atoms with Crippen LogP contribution in [-0.2, 0) is 4.79 Å². The minimum absolute atomic E-state index is 0.233. The number of carbonyl (C=O) groups excluding carboxylic acids is 2. The summed E-state index contributed by atoms with van der Waals surface area (Å²) in [6.07, 6.45) is 0. The Labute approximate surface area is 112 Å². The van der Waals surface area contributed by atoms with E-state index in [1.165, 1.54) is 7.11 Å². The lowest BCUT2D eigenvalue weighted by Crippen LogP contribution is -2.38. The summed E-state index contributed by atoms with van der Waals surface area (Å²) in [5.41, 5.74) is 0.883. The zero-order valence-corrected chi connectivity index (χ0v) is 11.5. The number of halogens is 1. The van der Waals surface area contributed by atoms with Crippen molar-refractivity contribution in [2.45, 2.75) is 13.0 Å². The van der Waals surface area contributed by atoms with E-state index in [-0.39, 0.29) is 11.8 Å². The molecule has 0 spiro atoms.